The van der Waals surface area contributed by atoms with Crippen molar-refractivity contribution in [2.45, 2.75) is 33.6 Å². The molecule has 0 aliphatic heterocycles. The minimum absolute atomic E-state index is 0.0605. The number of hydrogen-bond acceptors (Lipinski definition) is 3. The van der Waals surface area contributed by atoms with Gasteiger partial charge >= 0.3 is 0 Å². The summed E-state index contributed by atoms with van der Waals surface area (Å²) >= 11 is 3.45. The Hall–Kier alpha value is -1.36. The van der Waals surface area contributed by atoms with Crippen LogP contribution in [0.1, 0.15) is 39.2 Å². The predicted octanol–water partition coefficient (Wildman–Crippen LogP) is 3.71. The van der Waals surface area contributed by atoms with E-state index in [4.69, 9.17) is 4.74 Å². The van der Waals surface area contributed by atoms with E-state index in [1.54, 1.807) is 6.21 Å². The van der Waals surface area contributed by atoms with Gasteiger partial charge in [0.25, 0.3) is 5.91 Å². The number of benzene rings is 1. The molecular weight excluding hydrogens is 320 g/mol. The number of nitrogens with zero attached hydrogens (tertiary/aromatic N) is 1. The number of carbonyl (C=O) groups excluding carboxylic acids is 1. The van der Waals surface area contributed by atoms with Gasteiger partial charge < -0.3 is 4.74 Å². The van der Waals surface area contributed by atoms with Crippen molar-refractivity contribution >= 4 is 28.1 Å². The van der Waals surface area contributed by atoms with Crippen LogP contribution in [0.15, 0.2) is 27.8 Å². The Balaban J connectivity index is 2.51. The van der Waals surface area contributed by atoms with E-state index in [0.717, 1.165) is 4.47 Å². The number of hydrogen-bond donors (Lipinski definition) is 1. The molecule has 0 atom stereocenters. The Morgan fingerprint density at radius 3 is 2.65 bits per heavy atom. The maximum Gasteiger partial charge on any atom is 0.277 e. The second-order valence-corrected chi connectivity index (χ2v) is 6.04. The van der Waals surface area contributed by atoms with Crippen molar-refractivity contribution in [3.63, 3.8) is 0 Å². The highest BCUT2D eigenvalue weighted by Crippen LogP contribution is 2.28. The lowest BCUT2D eigenvalue weighted by atomic mass is 10.0. The minimum atomic E-state index is -0.276. The Labute approximate surface area is 128 Å². The van der Waals surface area contributed by atoms with Gasteiger partial charge in [-0.1, -0.05) is 33.8 Å². The van der Waals surface area contributed by atoms with Crippen LogP contribution >= 0.6 is 15.9 Å². The van der Waals surface area contributed by atoms with Crippen molar-refractivity contribution in [2.24, 2.45) is 11.0 Å². The number of carbonyl (C=O) groups is 1. The van der Waals surface area contributed by atoms with Crippen molar-refractivity contribution in [3.05, 3.63) is 28.2 Å². The molecular formula is C15H21BrN2O2. The smallest absolute Gasteiger partial charge is 0.277 e. The van der Waals surface area contributed by atoms with Crippen LogP contribution in [0.3, 0.4) is 0 Å². The van der Waals surface area contributed by atoms with Crippen molar-refractivity contribution in [1.29, 1.82) is 0 Å². The molecule has 0 bridgehead atoms. The van der Waals surface area contributed by atoms with E-state index >= 15 is 0 Å². The molecule has 0 spiro atoms. The fraction of sp³-hybridized carbons (Fsp3) is 0.467. The van der Waals surface area contributed by atoms with E-state index in [9.17, 15) is 4.79 Å². The predicted molar refractivity (Wildman–Crippen MR) is 85.2 cm³/mol. The normalized spacial score (nSPS) is 11.3. The number of nitrogens with one attached hydrogen (secondary N) is 1. The fourth-order valence-corrected chi connectivity index (χ4v) is 1.94. The fourth-order valence-electron chi connectivity index (χ4n) is 1.43. The van der Waals surface area contributed by atoms with Gasteiger partial charge in [-0.2, -0.15) is 5.10 Å². The SMILES string of the molecule is CC(C)/C=N/NC(=O)COc1ccc(C(C)C)cc1Br. The summed E-state index contributed by atoms with van der Waals surface area (Å²) in [6, 6.07) is 5.87. The van der Waals surface area contributed by atoms with Crippen LogP contribution < -0.4 is 10.2 Å². The van der Waals surface area contributed by atoms with Crippen LogP contribution in [0, 0.1) is 5.92 Å². The molecule has 0 heterocycles. The molecule has 0 radical (unpaired) electrons. The van der Waals surface area contributed by atoms with Gasteiger partial charge in [0.2, 0.25) is 0 Å². The molecule has 4 nitrogen and oxygen atoms in total. The van der Waals surface area contributed by atoms with Gasteiger partial charge in [0.05, 0.1) is 4.47 Å². The van der Waals surface area contributed by atoms with Crippen LogP contribution in [-0.2, 0) is 4.79 Å². The molecule has 20 heavy (non-hydrogen) atoms. The van der Waals surface area contributed by atoms with Crippen molar-refractivity contribution in [2.75, 3.05) is 6.61 Å². The third kappa shape index (κ3) is 5.74. The highest BCUT2D eigenvalue weighted by Gasteiger charge is 2.07. The molecule has 0 aromatic heterocycles. The summed E-state index contributed by atoms with van der Waals surface area (Å²) in [7, 11) is 0. The first-order valence-electron chi connectivity index (χ1n) is 6.64. The van der Waals surface area contributed by atoms with Crippen LogP contribution in [0.4, 0.5) is 0 Å². The molecule has 110 valence electrons. The van der Waals surface area contributed by atoms with Gasteiger partial charge in [0, 0.05) is 6.21 Å². The summed E-state index contributed by atoms with van der Waals surface area (Å²) in [4.78, 5) is 11.5. The van der Waals surface area contributed by atoms with E-state index in [1.807, 2.05) is 32.0 Å². The number of halogens is 1. The van der Waals surface area contributed by atoms with E-state index in [0.29, 0.717) is 17.6 Å². The Kier molecular flexibility index (Phi) is 6.71. The maximum atomic E-state index is 11.5. The molecule has 0 aliphatic carbocycles. The van der Waals surface area contributed by atoms with Crippen LogP contribution in [0.2, 0.25) is 0 Å². The lowest BCUT2D eigenvalue weighted by molar-refractivity contribution is -0.123. The summed E-state index contributed by atoms with van der Waals surface area (Å²) in [5.74, 6) is 1.13. The van der Waals surface area contributed by atoms with E-state index in [1.165, 1.54) is 5.56 Å². The number of hydrazone groups is 1. The molecule has 0 fully saturated rings. The van der Waals surface area contributed by atoms with Crippen LogP contribution in [-0.4, -0.2) is 18.7 Å². The van der Waals surface area contributed by atoms with Crippen molar-refractivity contribution in [3.8, 4) is 5.75 Å². The lowest BCUT2D eigenvalue weighted by Crippen LogP contribution is -2.24. The van der Waals surface area contributed by atoms with Gasteiger partial charge in [0.1, 0.15) is 5.75 Å². The average Bonchev–Trinajstić information content (AvgIpc) is 2.36. The minimum Gasteiger partial charge on any atom is -0.483 e. The molecule has 0 saturated carbocycles. The molecule has 1 N–H and O–H groups in total. The zero-order chi connectivity index (χ0) is 15.1. The Morgan fingerprint density at radius 2 is 2.10 bits per heavy atom. The molecule has 1 aromatic rings. The van der Waals surface area contributed by atoms with Crippen molar-refractivity contribution in [1.82, 2.24) is 5.43 Å². The molecule has 1 amide bonds. The van der Waals surface area contributed by atoms with E-state index < -0.39 is 0 Å². The average molecular weight is 341 g/mol. The standard InChI is InChI=1S/C15H21BrN2O2/c1-10(2)8-17-18-15(19)9-20-14-6-5-12(11(3)4)7-13(14)16/h5-8,10-11H,9H2,1-4H3,(H,18,19)/b17-8+. The highest BCUT2D eigenvalue weighted by atomic mass is 79.9. The first-order chi connectivity index (χ1) is 9.40. The first kappa shape index (κ1) is 16.7. The molecule has 0 saturated heterocycles. The quantitative estimate of drug-likeness (QED) is 0.633. The Bertz CT molecular complexity index is 485. The topological polar surface area (TPSA) is 50.7 Å². The second kappa shape index (κ2) is 8.04. The summed E-state index contributed by atoms with van der Waals surface area (Å²) in [6.07, 6.45) is 1.67. The van der Waals surface area contributed by atoms with Gasteiger partial charge in [-0.25, -0.2) is 5.43 Å². The zero-order valence-electron chi connectivity index (χ0n) is 12.3. The highest BCUT2D eigenvalue weighted by molar-refractivity contribution is 9.10. The zero-order valence-corrected chi connectivity index (χ0v) is 13.9. The number of amides is 1. The molecule has 0 aliphatic rings. The van der Waals surface area contributed by atoms with Crippen molar-refractivity contribution < 1.29 is 9.53 Å². The first-order valence-corrected chi connectivity index (χ1v) is 7.43. The maximum absolute atomic E-state index is 11.5. The van der Waals surface area contributed by atoms with Gasteiger partial charge in [-0.05, 0) is 45.5 Å². The summed E-state index contributed by atoms with van der Waals surface area (Å²) in [5.41, 5.74) is 3.64. The summed E-state index contributed by atoms with van der Waals surface area (Å²) in [5, 5.41) is 3.83. The molecule has 5 heteroatoms. The second-order valence-electron chi connectivity index (χ2n) is 5.19. The summed E-state index contributed by atoms with van der Waals surface area (Å²) < 4.78 is 6.31. The molecule has 0 unspecified atom stereocenters. The number of ether oxygens (including phenoxy) is 1. The molecule has 1 aromatic carbocycles. The van der Waals surface area contributed by atoms with Crippen LogP contribution in [0.5, 0.6) is 5.75 Å². The van der Waals surface area contributed by atoms with Crippen LogP contribution in [0.25, 0.3) is 0 Å². The van der Waals surface area contributed by atoms with Gasteiger partial charge in [-0.15, -0.1) is 0 Å². The van der Waals surface area contributed by atoms with Gasteiger partial charge in [0.15, 0.2) is 6.61 Å². The van der Waals surface area contributed by atoms with Gasteiger partial charge in [-0.3, -0.25) is 4.79 Å². The lowest BCUT2D eigenvalue weighted by Gasteiger charge is -2.10. The third-order valence-corrected chi connectivity index (χ3v) is 3.16. The molecule has 1 rings (SSSR count). The number of rotatable bonds is 6. The Morgan fingerprint density at radius 1 is 1.40 bits per heavy atom. The monoisotopic (exact) mass is 340 g/mol. The van der Waals surface area contributed by atoms with E-state index in [2.05, 4.69) is 40.3 Å². The summed E-state index contributed by atoms with van der Waals surface area (Å²) in [6.45, 7) is 8.17. The van der Waals surface area contributed by atoms with E-state index in [-0.39, 0.29) is 12.5 Å². The largest absolute Gasteiger partial charge is 0.483 e. The third-order valence-electron chi connectivity index (χ3n) is 2.54.